The van der Waals surface area contributed by atoms with Gasteiger partial charge in [-0.25, -0.2) is 10.5 Å². The third-order valence-corrected chi connectivity index (χ3v) is 3.38. The molecular weight excluding hydrogens is 266 g/mol. The third-order valence-electron chi connectivity index (χ3n) is 2.44. The Morgan fingerprint density at radius 3 is 3.16 bits per heavy atom. The molecule has 2 heterocycles. The van der Waals surface area contributed by atoms with Gasteiger partial charge < -0.3 is 4.74 Å². The van der Waals surface area contributed by atoms with Gasteiger partial charge in [0, 0.05) is 11.3 Å². The quantitative estimate of drug-likeness (QED) is 0.327. The average molecular weight is 281 g/mol. The molecule has 0 radical (unpaired) electrons. The number of ether oxygens (including phenoxy) is 1. The first-order valence-electron chi connectivity index (χ1n) is 5.81. The summed E-state index contributed by atoms with van der Waals surface area (Å²) in [5.74, 6) is 4.55. The van der Waals surface area contributed by atoms with Crippen molar-refractivity contribution in [3.8, 4) is 0 Å². The van der Waals surface area contributed by atoms with Crippen molar-refractivity contribution in [3.05, 3.63) is 34.3 Å². The Balaban J connectivity index is 1.65. The fourth-order valence-electron chi connectivity index (χ4n) is 1.47. The van der Waals surface area contributed by atoms with Crippen molar-refractivity contribution in [3.63, 3.8) is 0 Å². The maximum absolute atomic E-state index is 11.2. The second-order valence-electron chi connectivity index (χ2n) is 3.78. The van der Waals surface area contributed by atoms with Crippen LogP contribution in [-0.4, -0.2) is 34.1 Å². The van der Waals surface area contributed by atoms with Gasteiger partial charge in [-0.05, 0) is 11.4 Å². The average Bonchev–Trinajstić information content (AvgIpc) is 3.08. The summed E-state index contributed by atoms with van der Waals surface area (Å²) in [7, 11) is 0. The third kappa shape index (κ3) is 4.12. The summed E-state index contributed by atoms with van der Waals surface area (Å²) >= 11 is 1.72. The highest BCUT2D eigenvalue weighted by Gasteiger charge is 2.08. The predicted molar refractivity (Wildman–Crippen MR) is 70.5 cm³/mol. The van der Waals surface area contributed by atoms with E-state index in [2.05, 4.69) is 21.8 Å². The highest BCUT2D eigenvalue weighted by molar-refractivity contribution is 7.09. The number of nitrogens with one attached hydrogen (secondary N) is 1. The molecule has 0 saturated carbocycles. The van der Waals surface area contributed by atoms with Crippen LogP contribution in [-0.2, 0) is 17.7 Å². The van der Waals surface area contributed by atoms with E-state index < -0.39 is 5.91 Å². The van der Waals surface area contributed by atoms with Crippen LogP contribution in [0.3, 0.4) is 0 Å². The number of nitrogens with two attached hydrogens (primary N) is 1. The number of hydrazine groups is 1. The van der Waals surface area contributed by atoms with Crippen LogP contribution in [0.25, 0.3) is 0 Å². The molecule has 0 atom stereocenters. The molecule has 102 valence electrons. The fourth-order valence-corrected chi connectivity index (χ4v) is 2.16. The molecule has 0 aliphatic heterocycles. The zero-order chi connectivity index (χ0) is 13.5. The lowest BCUT2D eigenvalue weighted by Crippen LogP contribution is -2.30. The maximum Gasteiger partial charge on any atom is 0.287 e. The minimum absolute atomic E-state index is 0.195. The Hall–Kier alpha value is -1.77. The molecule has 2 aromatic rings. The fraction of sp³-hybridized carbons (Fsp3) is 0.364. The highest BCUT2D eigenvalue weighted by atomic mass is 32.1. The lowest BCUT2D eigenvalue weighted by molar-refractivity contribution is 0.0948. The Bertz CT molecular complexity index is 511. The molecule has 2 rings (SSSR count). The maximum atomic E-state index is 11.2. The van der Waals surface area contributed by atoms with Crippen LogP contribution in [0.4, 0.5) is 0 Å². The number of hydrogen-bond donors (Lipinski definition) is 2. The summed E-state index contributed by atoms with van der Waals surface area (Å²) in [6.07, 6.45) is 2.45. The number of aromatic nitrogens is 3. The summed E-state index contributed by atoms with van der Waals surface area (Å²) in [6, 6.07) is 4.11. The van der Waals surface area contributed by atoms with Crippen molar-refractivity contribution < 1.29 is 9.53 Å². The first-order chi connectivity index (χ1) is 9.29. The molecule has 0 aliphatic carbocycles. The van der Waals surface area contributed by atoms with E-state index >= 15 is 0 Å². The van der Waals surface area contributed by atoms with Gasteiger partial charge >= 0.3 is 0 Å². The van der Waals surface area contributed by atoms with Crippen molar-refractivity contribution in [1.82, 2.24) is 20.4 Å². The molecule has 0 spiro atoms. The molecule has 7 nitrogen and oxygen atoms in total. The van der Waals surface area contributed by atoms with Gasteiger partial charge in [-0.3, -0.25) is 10.2 Å². The monoisotopic (exact) mass is 281 g/mol. The van der Waals surface area contributed by atoms with E-state index in [-0.39, 0.29) is 5.69 Å². The van der Waals surface area contributed by atoms with Crippen LogP contribution in [0.5, 0.6) is 0 Å². The van der Waals surface area contributed by atoms with E-state index in [4.69, 9.17) is 10.6 Å². The molecule has 3 N–H and O–H groups in total. The molecule has 0 fully saturated rings. The molecule has 0 unspecified atom stereocenters. The Labute approximate surface area is 114 Å². The van der Waals surface area contributed by atoms with Gasteiger partial charge in [-0.1, -0.05) is 11.3 Å². The van der Waals surface area contributed by atoms with E-state index in [1.54, 1.807) is 16.0 Å². The van der Waals surface area contributed by atoms with Crippen LogP contribution < -0.4 is 11.3 Å². The second kappa shape index (κ2) is 6.98. The number of nitrogens with zero attached hydrogens (tertiary/aromatic N) is 3. The van der Waals surface area contributed by atoms with Crippen molar-refractivity contribution >= 4 is 17.2 Å². The minimum atomic E-state index is -0.454. The number of rotatable bonds is 7. The number of hydrogen-bond acceptors (Lipinski definition) is 6. The summed E-state index contributed by atoms with van der Waals surface area (Å²) in [4.78, 5) is 12.5. The SMILES string of the molecule is NNC(=O)c1cn(CCOCCc2cccs2)nn1. The molecule has 2 aromatic heterocycles. The van der Waals surface area contributed by atoms with E-state index in [1.807, 2.05) is 11.5 Å². The zero-order valence-corrected chi connectivity index (χ0v) is 11.1. The van der Waals surface area contributed by atoms with Crippen molar-refractivity contribution in [2.45, 2.75) is 13.0 Å². The van der Waals surface area contributed by atoms with E-state index in [9.17, 15) is 4.79 Å². The first kappa shape index (κ1) is 13.7. The smallest absolute Gasteiger partial charge is 0.287 e. The number of carbonyl (C=O) groups is 1. The lowest BCUT2D eigenvalue weighted by Gasteiger charge is -2.02. The molecule has 0 aliphatic rings. The van der Waals surface area contributed by atoms with Crippen LogP contribution >= 0.6 is 11.3 Å². The standard InChI is InChI=1S/C11H15N5O2S/c12-13-11(17)10-8-16(15-14-10)4-6-18-5-3-9-2-1-7-19-9/h1-2,7-8H,3-6,12H2,(H,13,17). The molecular formula is C11H15N5O2S. The first-order valence-corrected chi connectivity index (χ1v) is 6.69. The predicted octanol–water partition coefficient (Wildman–Crippen LogP) is 0.202. The molecule has 0 saturated heterocycles. The van der Waals surface area contributed by atoms with Gasteiger partial charge in [-0.15, -0.1) is 16.4 Å². The largest absolute Gasteiger partial charge is 0.379 e. The van der Waals surface area contributed by atoms with Gasteiger partial charge in [0.25, 0.3) is 5.91 Å². The molecule has 0 bridgehead atoms. The summed E-state index contributed by atoms with van der Waals surface area (Å²) < 4.78 is 7.05. The van der Waals surface area contributed by atoms with Gasteiger partial charge in [0.2, 0.25) is 0 Å². The Morgan fingerprint density at radius 2 is 2.42 bits per heavy atom. The van der Waals surface area contributed by atoms with Crippen molar-refractivity contribution in [2.24, 2.45) is 5.84 Å². The number of nitrogen functional groups attached to an aromatic ring is 1. The molecule has 8 heteroatoms. The topological polar surface area (TPSA) is 95.1 Å². The minimum Gasteiger partial charge on any atom is -0.379 e. The second-order valence-corrected chi connectivity index (χ2v) is 4.81. The van der Waals surface area contributed by atoms with Crippen LogP contribution in [0.2, 0.25) is 0 Å². The lowest BCUT2D eigenvalue weighted by atomic mass is 10.4. The van der Waals surface area contributed by atoms with Crippen molar-refractivity contribution in [1.29, 1.82) is 0 Å². The Kier molecular flexibility index (Phi) is 5.01. The van der Waals surface area contributed by atoms with Gasteiger partial charge in [0.05, 0.1) is 26.0 Å². The number of thiophene rings is 1. The summed E-state index contributed by atoms with van der Waals surface area (Å²) in [6.45, 7) is 1.75. The van der Waals surface area contributed by atoms with Crippen LogP contribution in [0.15, 0.2) is 23.7 Å². The molecule has 0 aromatic carbocycles. The van der Waals surface area contributed by atoms with Gasteiger partial charge in [0.1, 0.15) is 0 Å². The highest BCUT2D eigenvalue weighted by Crippen LogP contribution is 2.08. The van der Waals surface area contributed by atoms with E-state index in [1.165, 1.54) is 11.1 Å². The zero-order valence-electron chi connectivity index (χ0n) is 10.3. The van der Waals surface area contributed by atoms with E-state index in [0.29, 0.717) is 19.8 Å². The van der Waals surface area contributed by atoms with E-state index in [0.717, 1.165) is 6.42 Å². The van der Waals surface area contributed by atoms with Gasteiger partial charge in [-0.2, -0.15) is 0 Å². The Morgan fingerprint density at radius 1 is 1.53 bits per heavy atom. The van der Waals surface area contributed by atoms with Crippen LogP contribution in [0, 0.1) is 0 Å². The van der Waals surface area contributed by atoms with Gasteiger partial charge in [0.15, 0.2) is 5.69 Å². The van der Waals surface area contributed by atoms with Crippen LogP contribution in [0.1, 0.15) is 15.4 Å². The summed E-state index contributed by atoms with van der Waals surface area (Å²) in [5.41, 5.74) is 2.20. The normalized spacial score (nSPS) is 10.6. The van der Waals surface area contributed by atoms with Crippen molar-refractivity contribution in [2.75, 3.05) is 13.2 Å². The number of amides is 1. The number of carbonyl (C=O) groups excluding carboxylic acids is 1. The molecule has 1 amide bonds. The summed E-state index contributed by atoms with van der Waals surface area (Å²) in [5, 5.41) is 9.55. The molecule has 19 heavy (non-hydrogen) atoms.